The smallest absolute Gasteiger partial charge is 0.326 e. The van der Waals surface area contributed by atoms with Crippen molar-refractivity contribution in [3.8, 4) is 0 Å². The van der Waals surface area contributed by atoms with Crippen LogP contribution in [0.4, 0.5) is 4.39 Å². The summed E-state index contributed by atoms with van der Waals surface area (Å²) >= 11 is 0. The minimum atomic E-state index is -1.18. The Labute approximate surface area is 122 Å². The first-order valence-electron chi connectivity index (χ1n) is 6.51. The first kappa shape index (κ1) is 16.8. The Hall–Kier alpha value is -2.21. The summed E-state index contributed by atoms with van der Waals surface area (Å²) in [5.41, 5.74) is 0.269. The second-order valence-corrected chi connectivity index (χ2v) is 4.54. The second-order valence-electron chi connectivity index (χ2n) is 4.54. The largest absolute Gasteiger partial charge is 0.480 e. The van der Waals surface area contributed by atoms with E-state index in [9.17, 15) is 19.1 Å². The number of hydrogen-bond acceptors (Lipinski definition) is 3. The zero-order chi connectivity index (χ0) is 15.8. The molecule has 3 N–H and O–H groups in total. The normalized spacial score (nSPS) is 13.9. The van der Waals surface area contributed by atoms with Gasteiger partial charge in [-0.15, -0.1) is 0 Å². The minimum Gasteiger partial charge on any atom is -0.480 e. The number of allylic oxidation sites excluding steroid dienone is 1. The molecule has 2 atom stereocenters. The number of amides is 1. The highest BCUT2D eigenvalue weighted by Gasteiger charge is 2.20. The predicted molar refractivity (Wildman–Crippen MR) is 75.0 cm³/mol. The second kappa shape index (κ2) is 8.16. The van der Waals surface area contributed by atoms with E-state index in [2.05, 4.69) is 5.32 Å². The number of carboxylic acid groups (broad SMARTS) is 1. The molecule has 0 spiro atoms. The molecule has 0 saturated carbocycles. The van der Waals surface area contributed by atoms with Gasteiger partial charge in [-0.25, -0.2) is 9.18 Å². The first-order chi connectivity index (χ1) is 9.93. The maximum absolute atomic E-state index is 13.0. The third-order valence-corrected chi connectivity index (χ3v) is 2.85. The molecule has 0 fully saturated rings. The van der Waals surface area contributed by atoms with Crippen molar-refractivity contribution in [2.75, 3.05) is 0 Å². The van der Waals surface area contributed by atoms with Crippen molar-refractivity contribution in [2.45, 2.75) is 31.9 Å². The van der Waals surface area contributed by atoms with Crippen molar-refractivity contribution in [3.05, 3.63) is 47.8 Å². The number of aliphatic carboxylic acids is 1. The number of benzene rings is 1. The van der Waals surface area contributed by atoms with Gasteiger partial charge < -0.3 is 15.5 Å². The fourth-order valence-corrected chi connectivity index (χ4v) is 1.75. The molecule has 1 aromatic rings. The molecule has 0 radical (unpaired) electrons. The van der Waals surface area contributed by atoms with Gasteiger partial charge in [-0.2, -0.15) is 0 Å². The third-order valence-electron chi connectivity index (χ3n) is 2.85. The fraction of sp³-hybridized carbons (Fsp3) is 0.333. The zero-order valence-corrected chi connectivity index (χ0v) is 11.6. The Morgan fingerprint density at radius 2 is 2.14 bits per heavy atom. The van der Waals surface area contributed by atoms with Gasteiger partial charge in [0.15, 0.2) is 0 Å². The van der Waals surface area contributed by atoms with E-state index in [0.717, 1.165) is 6.07 Å². The molecule has 2 unspecified atom stereocenters. The van der Waals surface area contributed by atoms with Gasteiger partial charge in [0.2, 0.25) is 5.91 Å². The maximum Gasteiger partial charge on any atom is 0.326 e. The van der Waals surface area contributed by atoms with Crippen molar-refractivity contribution in [1.29, 1.82) is 0 Å². The summed E-state index contributed by atoms with van der Waals surface area (Å²) in [4.78, 5) is 22.7. The van der Waals surface area contributed by atoms with Crippen LogP contribution in [0.25, 0.3) is 0 Å². The molecule has 1 amide bonds. The number of carbonyl (C=O) groups excluding carboxylic acids is 1. The van der Waals surface area contributed by atoms with Crippen LogP contribution in [0.2, 0.25) is 0 Å². The van der Waals surface area contributed by atoms with E-state index >= 15 is 0 Å². The van der Waals surface area contributed by atoms with Gasteiger partial charge in [-0.1, -0.05) is 24.3 Å². The zero-order valence-electron chi connectivity index (χ0n) is 11.6. The van der Waals surface area contributed by atoms with E-state index in [4.69, 9.17) is 5.11 Å². The van der Waals surface area contributed by atoms with E-state index < -0.39 is 29.8 Å². The summed E-state index contributed by atoms with van der Waals surface area (Å²) in [5, 5.41) is 21.2. The molecule has 0 aliphatic rings. The lowest BCUT2D eigenvalue weighted by Gasteiger charge is -2.15. The van der Waals surface area contributed by atoms with Gasteiger partial charge in [0.05, 0.1) is 12.5 Å². The number of carboxylic acids is 1. The Bertz CT molecular complexity index is 530. The van der Waals surface area contributed by atoms with Crippen LogP contribution in [0, 0.1) is 5.82 Å². The van der Waals surface area contributed by atoms with E-state index in [1.807, 2.05) is 0 Å². The molecule has 0 aliphatic heterocycles. The summed E-state index contributed by atoms with van der Waals surface area (Å²) < 4.78 is 13.0. The quantitative estimate of drug-likeness (QED) is 0.669. The SMILES string of the molecule is C/C=C/CC(NC(=O)CC(O)c1cccc(F)c1)C(=O)O. The minimum absolute atomic E-state index is 0.160. The number of hydrogen-bond donors (Lipinski definition) is 3. The molecule has 5 nitrogen and oxygen atoms in total. The molecule has 114 valence electrons. The highest BCUT2D eigenvalue weighted by molar-refractivity contribution is 5.83. The lowest BCUT2D eigenvalue weighted by atomic mass is 10.1. The van der Waals surface area contributed by atoms with Gasteiger partial charge in [0.25, 0.3) is 0 Å². The van der Waals surface area contributed by atoms with Gasteiger partial charge in [0, 0.05) is 0 Å². The highest BCUT2D eigenvalue weighted by Crippen LogP contribution is 2.17. The number of halogens is 1. The molecule has 1 aromatic carbocycles. The van der Waals surface area contributed by atoms with Crippen molar-refractivity contribution in [2.24, 2.45) is 0 Å². The van der Waals surface area contributed by atoms with Crippen LogP contribution in [0.1, 0.15) is 31.4 Å². The van der Waals surface area contributed by atoms with Crippen LogP contribution in [0.5, 0.6) is 0 Å². The summed E-state index contributed by atoms with van der Waals surface area (Å²) in [6, 6.07) is 4.24. The van der Waals surface area contributed by atoms with Crippen LogP contribution < -0.4 is 5.32 Å². The molecule has 0 aliphatic carbocycles. The summed E-state index contributed by atoms with van der Waals surface area (Å²) in [5.74, 6) is -2.27. The molecule has 21 heavy (non-hydrogen) atoms. The number of rotatable bonds is 7. The van der Waals surface area contributed by atoms with E-state index in [1.54, 1.807) is 19.1 Å². The lowest BCUT2D eigenvalue weighted by Crippen LogP contribution is -2.40. The predicted octanol–water partition coefficient (Wildman–Crippen LogP) is 1.78. The van der Waals surface area contributed by atoms with Crippen molar-refractivity contribution in [3.63, 3.8) is 0 Å². The van der Waals surface area contributed by atoms with Crippen LogP contribution in [0.3, 0.4) is 0 Å². The molecule has 0 heterocycles. The monoisotopic (exact) mass is 295 g/mol. The van der Waals surface area contributed by atoms with Gasteiger partial charge in [-0.3, -0.25) is 4.79 Å². The summed E-state index contributed by atoms with van der Waals surface area (Å²) in [6.45, 7) is 1.74. The lowest BCUT2D eigenvalue weighted by molar-refractivity contribution is -0.142. The fourth-order valence-electron chi connectivity index (χ4n) is 1.75. The van der Waals surface area contributed by atoms with Crippen LogP contribution in [-0.2, 0) is 9.59 Å². The Kier molecular flexibility index (Phi) is 6.55. The van der Waals surface area contributed by atoms with Crippen molar-refractivity contribution < 1.29 is 24.2 Å². The molecule has 1 rings (SSSR count). The third kappa shape index (κ3) is 5.74. The van der Waals surface area contributed by atoms with Gasteiger partial charge >= 0.3 is 5.97 Å². The Morgan fingerprint density at radius 1 is 1.43 bits per heavy atom. The molecular weight excluding hydrogens is 277 g/mol. The van der Waals surface area contributed by atoms with Crippen LogP contribution in [-0.4, -0.2) is 28.1 Å². The average molecular weight is 295 g/mol. The highest BCUT2D eigenvalue weighted by atomic mass is 19.1. The standard InChI is InChI=1S/C15H18FNO4/c1-2-3-7-12(15(20)21)17-14(19)9-13(18)10-5-4-6-11(16)8-10/h2-6,8,12-13,18H,7,9H2,1H3,(H,17,19)(H,20,21)/b3-2+. The first-order valence-corrected chi connectivity index (χ1v) is 6.51. The van der Waals surface area contributed by atoms with Crippen molar-refractivity contribution in [1.82, 2.24) is 5.32 Å². The van der Waals surface area contributed by atoms with Crippen molar-refractivity contribution >= 4 is 11.9 Å². The molecule has 6 heteroatoms. The number of aliphatic hydroxyl groups is 1. The number of nitrogens with one attached hydrogen (secondary N) is 1. The maximum atomic E-state index is 13.0. The van der Waals surface area contributed by atoms with Crippen LogP contribution in [0.15, 0.2) is 36.4 Å². The summed E-state index contributed by atoms with van der Waals surface area (Å²) in [7, 11) is 0. The number of aliphatic hydroxyl groups excluding tert-OH is 1. The Balaban J connectivity index is 2.61. The molecule has 0 bridgehead atoms. The summed E-state index contributed by atoms with van der Waals surface area (Å²) in [6.07, 6.45) is 1.96. The topological polar surface area (TPSA) is 86.6 Å². The number of carbonyl (C=O) groups is 2. The molecule has 0 saturated heterocycles. The average Bonchev–Trinajstić information content (AvgIpc) is 2.43. The Morgan fingerprint density at radius 3 is 2.71 bits per heavy atom. The molecular formula is C15H18FNO4. The van der Waals surface area contributed by atoms with Gasteiger partial charge in [-0.05, 0) is 31.0 Å². The molecule has 0 aromatic heterocycles. The van der Waals surface area contributed by atoms with Gasteiger partial charge in [0.1, 0.15) is 11.9 Å². The van der Waals surface area contributed by atoms with Crippen LogP contribution >= 0.6 is 0 Å². The van der Waals surface area contributed by atoms with E-state index in [-0.39, 0.29) is 18.4 Å². The van der Waals surface area contributed by atoms with E-state index in [0.29, 0.717) is 0 Å². The van der Waals surface area contributed by atoms with E-state index in [1.165, 1.54) is 18.2 Å².